The number of hydrogen-bond donors (Lipinski definition) is 1. The molecule has 0 amide bonds. The third kappa shape index (κ3) is 2.80. The van der Waals surface area contributed by atoms with Crippen LogP contribution in [0.25, 0.3) is 6.05 Å². The van der Waals surface area contributed by atoms with Gasteiger partial charge in [-0.25, -0.2) is 0 Å². The lowest BCUT2D eigenvalue weighted by atomic mass is 9.89. The van der Waals surface area contributed by atoms with Gasteiger partial charge in [-0.05, 0) is 23.1 Å². The van der Waals surface area contributed by atoms with Crippen molar-refractivity contribution < 1.29 is 31.0 Å². The van der Waals surface area contributed by atoms with Crippen molar-refractivity contribution in [2.45, 2.75) is 26.7 Å². The van der Waals surface area contributed by atoms with E-state index in [1.807, 2.05) is 0 Å². The summed E-state index contributed by atoms with van der Waals surface area (Å²) in [6.45, 7) is -6.64. The molecule has 3 nitrogen and oxygen atoms in total. The summed E-state index contributed by atoms with van der Waals surface area (Å²) < 4.78 is 103. The first kappa shape index (κ1) is 4.02. The van der Waals surface area contributed by atoms with Crippen LogP contribution in [-0.4, -0.2) is 18.0 Å². The summed E-state index contributed by atoms with van der Waals surface area (Å²) in [5.41, 5.74) is -3.88. The topological polar surface area (TPSA) is 38.7 Å². The fourth-order valence-corrected chi connectivity index (χ4v) is 1.04. The maximum absolute atomic E-state index is 10.6. The van der Waals surface area contributed by atoms with E-state index < -0.39 is 61.0 Å². The molecule has 1 heterocycles. The van der Waals surface area contributed by atoms with Gasteiger partial charge in [0.2, 0.25) is 6.79 Å². The van der Waals surface area contributed by atoms with E-state index in [2.05, 4.69) is 0 Å². The van der Waals surface area contributed by atoms with Crippen LogP contribution in [0.15, 0.2) is 24.2 Å². The molecule has 2 rings (SSSR count). The van der Waals surface area contributed by atoms with Crippen molar-refractivity contribution in [2.24, 2.45) is 5.41 Å². The Kier molecular flexibility index (Phi) is 1.04. The van der Waals surface area contributed by atoms with E-state index in [-0.39, 0.29) is 18.3 Å². The number of aliphatic hydroxyl groups is 1. The molecule has 0 spiro atoms. The second-order valence-electron chi connectivity index (χ2n) is 3.54. The van der Waals surface area contributed by atoms with Gasteiger partial charge >= 0.3 is 0 Å². The van der Waals surface area contributed by atoms with Crippen molar-refractivity contribution in [1.29, 1.82) is 0 Å². The maximum Gasteiger partial charge on any atom is 0.231 e. The van der Waals surface area contributed by atoms with E-state index in [1.54, 1.807) is 0 Å². The largest absolute Gasteiger partial charge is 0.454 e. The third-order valence-corrected chi connectivity index (χ3v) is 1.93. The zero-order chi connectivity index (χ0) is 22.7. The Morgan fingerprint density at radius 1 is 1.59 bits per heavy atom. The summed E-state index contributed by atoms with van der Waals surface area (Å²) in [5, 5.41) is 10.6. The zero-order valence-electron chi connectivity index (χ0n) is 21.0. The van der Waals surface area contributed by atoms with Crippen molar-refractivity contribution in [3.8, 4) is 11.5 Å². The fourth-order valence-electron chi connectivity index (χ4n) is 1.04. The maximum atomic E-state index is 10.6. The van der Waals surface area contributed by atoms with E-state index in [0.717, 1.165) is 0 Å². The molecule has 1 N–H and O–H groups in total. The smallest absolute Gasteiger partial charge is 0.231 e. The Hall–Kier alpha value is -1.48. The number of ether oxygens (including phenoxy) is 2. The molecule has 0 radical (unpaired) electrons. The van der Waals surface area contributed by atoms with Crippen molar-refractivity contribution in [2.75, 3.05) is 6.79 Å². The Labute approximate surface area is 119 Å². The van der Waals surface area contributed by atoms with Crippen LogP contribution in [0.5, 0.6) is 11.5 Å². The molecule has 0 bridgehead atoms. The van der Waals surface area contributed by atoms with Gasteiger partial charge in [0.15, 0.2) is 11.5 Å². The highest BCUT2D eigenvalue weighted by Gasteiger charge is 2.19. The first-order valence-corrected chi connectivity index (χ1v) is 4.71. The summed E-state index contributed by atoms with van der Waals surface area (Å²) in [4.78, 5) is 0. The Balaban J connectivity index is 2.81. The van der Waals surface area contributed by atoms with Gasteiger partial charge in [-0.1, -0.05) is 38.8 Å². The molecule has 0 fully saturated rings. The summed E-state index contributed by atoms with van der Waals surface area (Å²) in [6.07, 6.45) is -3.63. The van der Waals surface area contributed by atoms with Crippen LogP contribution in [-0.2, 0) is 0 Å². The van der Waals surface area contributed by atoms with Crippen molar-refractivity contribution in [1.82, 2.24) is 0 Å². The van der Waals surface area contributed by atoms with Crippen molar-refractivity contribution in [3.63, 3.8) is 0 Å². The van der Waals surface area contributed by atoms with E-state index in [1.165, 1.54) is 0 Å². The highest BCUT2D eigenvalue weighted by atomic mass is 16.7. The van der Waals surface area contributed by atoms with Crippen LogP contribution >= 0.6 is 0 Å². The lowest BCUT2D eigenvalue weighted by molar-refractivity contribution is 0.106. The average molecular weight is 246 g/mol. The summed E-state index contributed by atoms with van der Waals surface area (Å²) in [6, 6.07) is -4.58. The van der Waals surface area contributed by atoms with Gasteiger partial charge in [0.25, 0.3) is 0 Å². The second-order valence-corrected chi connectivity index (χ2v) is 3.54. The molecule has 1 aliphatic heterocycles. The van der Waals surface area contributed by atoms with Crippen LogP contribution in [0, 0.1) is 5.41 Å². The van der Waals surface area contributed by atoms with Crippen LogP contribution in [0.1, 0.15) is 42.6 Å². The van der Waals surface area contributed by atoms with Gasteiger partial charge in [-0.15, -0.1) is 0 Å². The molecule has 1 aliphatic rings. The monoisotopic (exact) mass is 246 g/mol. The highest BCUT2D eigenvalue weighted by Crippen LogP contribution is 2.33. The molecule has 1 aromatic carbocycles. The molecular formula is C14H18O3. The Morgan fingerprint density at radius 3 is 3.12 bits per heavy atom. The van der Waals surface area contributed by atoms with Crippen LogP contribution in [0.4, 0.5) is 0 Å². The first-order chi connectivity index (χ1) is 12.9. The second kappa shape index (κ2) is 4.41. The standard InChI is InChI=1S/C14H18O3/c1-14(2,3)13(15)7-5-10-4-6-11-12(8-10)17-9-16-11/h4-8,13,15H,9H2,1-3H3/b7-5+/i1D3,2D3,4D,5D,6D,7D,8D,13D. The molecule has 17 heavy (non-hydrogen) atoms. The van der Waals surface area contributed by atoms with Gasteiger partial charge in [-0.2, -0.15) is 0 Å². The predicted molar refractivity (Wildman–Crippen MR) is 67.1 cm³/mol. The zero-order valence-corrected chi connectivity index (χ0v) is 8.97. The Morgan fingerprint density at radius 2 is 2.35 bits per heavy atom. The number of rotatable bonds is 2. The number of hydrogen-bond acceptors (Lipinski definition) is 3. The molecule has 92 valence electrons. The molecule has 0 aromatic heterocycles. The van der Waals surface area contributed by atoms with E-state index in [0.29, 0.717) is 6.92 Å². The molecule has 3 heteroatoms. The Bertz CT molecular complexity index is 854. The summed E-state index contributed by atoms with van der Waals surface area (Å²) in [5.74, 6) is -0.513. The molecule has 1 atom stereocenters. The van der Waals surface area contributed by atoms with Gasteiger partial charge in [-0.3, -0.25) is 0 Å². The lowest BCUT2D eigenvalue weighted by Crippen LogP contribution is -2.23. The number of benzene rings is 1. The fraction of sp³-hybridized carbons (Fsp3) is 0.429. The number of fused-ring (bicyclic) bond motifs is 1. The van der Waals surface area contributed by atoms with Crippen LogP contribution < -0.4 is 9.47 Å². The van der Waals surface area contributed by atoms with Gasteiger partial charge in [0.1, 0.15) is 0 Å². The van der Waals surface area contributed by atoms with E-state index in [9.17, 15) is 5.11 Å². The van der Waals surface area contributed by atoms with Crippen LogP contribution in [0.2, 0.25) is 0 Å². The quantitative estimate of drug-likeness (QED) is 0.872. The molecule has 1 unspecified atom stereocenters. The molecule has 0 saturated carbocycles. The van der Waals surface area contributed by atoms with Gasteiger partial charge < -0.3 is 14.6 Å². The van der Waals surface area contributed by atoms with Gasteiger partial charge in [0, 0.05) is 8.22 Å². The van der Waals surface area contributed by atoms with E-state index in [4.69, 9.17) is 25.9 Å². The molecule has 1 aromatic rings. The molecule has 0 aliphatic carbocycles. The average Bonchev–Trinajstić information content (AvgIpc) is 3.06. The molecule has 0 saturated heterocycles. The normalized spacial score (nSPS) is 31.2. The summed E-state index contributed by atoms with van der Waals surface area (Å²) in [7, 11) is 0. The third-order valence-electron chi connectivity index (χ3n) is 1.93. The predicted octanol–water partition coefficient (Wildman–Crippen LogP) is 2.84. The minimum Gasteiger partial charge on any atom is -0.454 e. The summed E-state index contributed by atoms with van der Waals surface area (Å²) >= 11 is 0. The SMILES string of the molecule is [2H]/C(=C(/[2H])C([2H])(O)C(C)(C([2H])([2H])[2H])C([2H])([2H])[2H])c1c([2H])c([2H])c2c(c1[2H])OCO2. The van der Waals surface area contributed by atoms with Gasteiger partial charge in [0.05, 0.1) is 14.3 Å². The first-order valence-electron chi connectivity index (χ1n) is 10.7. The van der Waals surface area contributed by atoms with E-state index >= 15 is 0 Å². The molecular weight excluding hydrogens is 216 g/mol. The highest BCUT2D eigenvalue weighted by molar-refractivity contribution is 5.56. The lowest BCUT2D eigenvalue weighted by Gasteiger charge is -2.22. The minimum atomic E-state index is -3.63. The van der Waals surface area contributed by atoms with Crippen LogP contribution in [0.3, 0.4) is 0 Å². The van der Waals surface area contributed by atoms with Crippen molar-refractivity contribution >= 4 is 6.05 Å². The van der Waals surface area contributed by atoms with Crippen molar-refractivity contribution in [3.05, 3.63) is 29.7 Å². The minimum absolute atomic E-state index is 0.223.